The maximum Gasteiger partial charge on any atom is 0.158 e. The largest absolute Gasteiger partial charge is 0.369 e. The fourth-order valence-corrected chi connectivity index (χ4v) is 7.94. The van der Waals surface area contributed by atoms with Crippen LogP contribution in [0.4, 0.5) is 0 Å². The SMILES string of the molecule is CCCCCCCN(CCCCCCC)CCCC(=O)COCc1ccccc1-c1ccccc1COCC(=O)CCCN(CCCCCCC)CCCCCCC. The monoisotopic (exact) mass is 805 g/mol. The first-order valence-corrected chi connectivity index (χ1v) is 24.3. The van der Waals surface area contributed by atoms with E-state index in [0.717, 1.165) is 74.4 Å². The van der Waals surface area contributed by atoms with Gasteiger partial charge in [-0.05, 0) is 100 Å². The number of unbranched alkanes of at least 4 members (excludes halogenated alkanes) is 16. The fraction of sp³-hybridized carbons (Fsp3) is 0.731. The van der Waals surface area contributed by atoms with Gasteiger partial charge in [-0.3, -0.25) is 9.59 Å². The number of hydrogen-bond acceptors (Lipinski definition) is 6. The van der Waals surface area contributed by atoms with Gasteiger partial charge < -0.3 is 19.3 Å². The molecule has 330 valence electrons. The van der Waals surface area contributed by atoms with Gasteiger partial charge in [0.25, 0.3) is 0 Å². The van der Waals surface area contributed by atoms with Crippen molar-refractivity contribution in [3.05, 3.63) is 59.7 Å². The van der Waals surface area contributed by atoms with Crippen LogP contribution in [0.15, 0.2) is 48.5 Å². The van der Waals surface area contributed by atoms with Crippen LogP contribution >= 0.6 is 0 Å². The zero-order valence-corrected chi connectivity index (χ0v) is 38.2. The lowest BCUT2D eigenvalue weighted by atomic mass is 9.96. The van der Waals surface area contributed by atoms with Crippen molar-refractivity contribution < 1.29 is 19.1 Å². The van der Waals surface area contributed by atoms with Crippen LogP contribution < -0.4 is 0 Å². The number of nitrogens with zero attached hydrogens (tertiary/aromatic N) is 2. The normalized spacial score (nSPS) is 11.6. The maximum absolute atomic E-state index is 12.9. The van der Waals surface area contributed by atoms with Crippen LogP contribution in [-0.2, 0) is 32.3 Å². The van der Waals surface area contributed by atoms with Crippen LogP contribution in [0.5, 0.6) is 0 Å². The van der Waals surface area contributed by atoms with Crippen LogP contribution in [0, 0.1) is 0 Å². The summed E-state index contributed by atoms with van der Waals surface area (Å²) in [6.45, 7) is 16.7. The van der Waals surface area contributed by atoms with E-state index in [9.17, 15) is 9.59 Å². The van der Waals surface area contributed by atoms with Gasteiger partial charge >= 0.3 is 0 Å². The first kappa shape index (κ1) is 51.8. The first-order valence-electron chi connectivity index (χ1n) is 24.3. The van der Waals surface area contributed by atoms with Gasteiger partial charge in [0.05, 0.1) is 13.2 Å². The van der Waals surface area contributed by atoms with Crippen LogP contribution in [0.1, 0.15) is 193 Å². The Balaban J connectivity index is 1.81. The second-order valence-corrected chi connectivity index (χ2v) is 16.9. The van der Waals surface area contributed by atoms with Crippen LogP contribution in [0.2, 0.25) is 0 Å². The predicted molar refractivity (Wildman–Crippen MR) is 248 cm³/mol. The highest BCUT2D eigenvalue weighted by Crippen LogP contribution is 2.28. The van der Waals surface area contributed by atoms with E-state index in [1.54, 1.807) is 0 Å². The number of carbonyl (C=O) groups is 2. The molecule has 0 aromatic heterocycles. The number of carbonyl (C=O) groups excluding carboxylic acids is 2. The van der Waals surface area contributed by atoms with E-state index in [2.05, 4.69) is 61.8 Å². The van der Waals surface area contributed by atoms with Gasteiger partial charge in [0.1, 0.15) is 13.2 Å². The van der Waals surface area contributed by atoms with Crippen molar-refractivity contribution in [1.82, 2.24) is 9.80 Å². The molecule has 6 nitrogen and oxygen atoms in total. The van der Waals surface area contributed by atoms with Crippen LogP contribution in [0.3, 0.4) is 0 Å². The Morgan fingerprint density at radius 3 is 1.02 bits per heavy atom. The lowest BCUT2D eigenvalue weighted by molar-refractivity contribution is -0.124. The Labute approximate surface area is 357 Å². The van der Waals surface area contributed by atoms with Crippen LogP contribution in [0.25, 0.3) is 11.1 Å². The lowest BCUT2D eigenvalue weighted by Crippen LogP contribution is -2.28. The molecule has 58 heavy (non-hydrogen) atoms. The molecule has 2 aromatic carbocycles. The molecular formula is C52H88N2O4. The lowest BCUT2D eigenvalue weighted by Gasteiger charge is -2.22. The first-order chi connectivity index (χ1) is 28.5. The molecular weight excluding hydrogens is 717 g/mol. The molecule has 0 N–H and O–H groups in total. The summed E-state index contributed by atoms with van der Waals surface area (Å²) < 4.78 is 12.1. The highest BCUT2D eigenvalue weighted by molar-refractivity contribution is 5.80. The third-order valence-electron chi connectivity index (χ3n) is 11.5. The van der Waals surface area contributed by atoms with Gasteiger partial charge in [0.2, 0.25) is 0 Å². The Morgan fingerprint density at radius 1 is 0.397 bits per heavy atom. The minimum atomic E-state index is 0.144. The topological polar surface area (TPSA) is 59.1 Å². The zero-order valence-electron chi connectivity index (χ0n) is 38.2. The van der Waals surface area contributed by atoms with Crippen LogP contribution in [-0.4, -0.2) is 73.8 Å². The molecule has 2 rings (SSSR count). The molecule has 0 unspecified atom stereocenters. The van der Waals surface area contributed by atoms with Crippen molar-refractivity contribution >= 4 is 11.6 Å². The van der Waals surface area contributed by atoms with Gasteiger partial charge in [-0.25, -0.2) is 0 Å². The smallest absolute Gasteiger partial charge is 0.158 e. The van der Waals surface area contributed by atoms with Crippen molar-refractivity contribution in [3.8, 4) is 11.1 Å². The summed E-state index contributed by atoms with van der Waals surface area (Å²) in [5.41, 5.74) is 4.27. The standard InChI is InChI=1S/C52H88N2O4/c1-5-9-13-17-25-37-53(38-26-18-14-10-6-2)41-29-33-49(55)45-57-43-47-31-21-23-35-51(47)52-36-24-22-32-48(52)44-58-46-50(56)34-30-42-54(39-27-19-15-11-7-3)40-28-20-16-12-8-4/h21-24,31-32,35-36H,5-20,25-30,33-34,37-46H2,1-4H3. The minimum Gasteiger partial charge on any atom is -0.369 e. The van der Waals surface area contributed by atoms with E-state index in [0.29, 0.717) is 26.1 Å². The Kier molecular flexibility index (Phi) is 32.5. The maximum atomic E-state index is 12.9. The van der Waals surface area contributed by atoms with E-state index in [4.69, 9.17) is 9.47 Å². The van der Waals surface area contributed by atoms with Crippen molar-refractivity contribution in [2.75, 3.05) is 52.5 Å². The van der Waals surface area contributed by atoms with Gasteiger partial charge in [0, 0.05) is 12.8 Å². The molecule has 0 heterocycles. The van der Waals surface area contributed by atoms with Crippen molar-refractivity contribution in [2.45, 2.75) is 195 Å². The summed E-state index contributed by atoms with van der Waals surface area (Å²) in [7, 11) is 0. The van der Waals surface area contributed by atoms with E-state index >= 15 is 0 Å². The van der Waals surface area contributed by atoms with E-state index in [1.165, 1.54) is 128 Å². The average molecular weight is 805 g/mol. The molecule has 0 saturated heterocycles. The van der Waals surface area contributed by atoms with Crippen molar-refractivity contribution in [1.29, 1.82) is 0 Å². The van der Waals surface area contributed by atoms with E-state index in [1.807, 2.05) is 24.3 Å². The second kappa shape index (κ2) is 36.5. The molecule has 6 heteroatoms. The van der Waals surface area contributed by atoms with Gasteiger partial charge in [-0.2, -0.15) is 0 Å². The van der Waals surface area contributed by atoms with Crippen molar-refractivity contribution in [3.63, 3.8) is 0 Å². The summed E-state index contributed by atoms with van der Waals surface area (Å²) in [6.07, 6.45) is 29.0. The van der Waals surface area contributed by atoms with Crippen molar-refractivity contribution in [2.24, 2.45) is 0 Å². The molecule has 0 aliphatic rings. The van der Waals surface area contributed by atoms with E-state index < -0.39 is 0 Å². The van der Waals surface area contributed by atoms with E-state index in [-0.39, 0.29) is 24.8 Å². The molecule has 0 radical (unpaired) electrons. The summed E-state index contributed by atoms with van der Waals surface area (Å²) in [6, 6.07) is 16.5. The summed E-state index contributed by atoms with van der Waals surface area (Å²) in [5, 5.41) is 0. The number of benzene rings is 2. The fourth-order valence-electron chi connectivity index (χ4n) is 7.94. The highest BCUT2D eigenvalue weighted by Gasteiger charge is 2.13. The molecule has 2 aromatic rings. The molecule has 0 fully saturated rings. The Bertz CT molecular complexity index is 1160. The minimum absolute atomic E-state index is 0.144. The summed E-state index contributed by atoms with van der Waals surface area (Å²) in [4.78, 5) is 31.0. The average Bonchev–Trinajstić information content (AvgIpc) is 3.23. The molecule has 0 aliphatic carbocycles. The van der Waals surface area contributed by atoms with Gasteiger partial charge in [-0.1, -0.05) is 179 Å². The molecule has 0 spiro atoms. The number of ketones is 2. The molecule has 0 atom stereocenters. The molecule has 0 aliphatic heterocycles. The predicted octanol–water partition coefficient (Wildman–Crippen LogP) is 13.6. The number of ether oxygens (including phenoxy) is 2. The van der Waals surface area contributed by atoms with Gasteiger partial charge in [-0.15, -0.1) is 0 Å². The quantitative estimate of drug-likeness (QED) is 0.0624. The number of Topliss-reactive ketones (excluding diaryl/α,β-unsaturated/α-hetero) is 2. The summed E-state index contributed by atoms with van der Waals surface area (Å²) >= 11 is 0. The number of hydrogen-bond donors (Lipinski definition) is 0. The highest BCUT2D eigenvalue weighted by atomic mass is 16.5. The molecule has 0 saturated carbocycles. The third-order valence-corrected chi connectivity index (χ3v) is 11.5. The molecule has 0 bridgehead atoms. The Hall–Kier alpha value is -2.38. The second-order valence-electron chi connectivity index (χ2n) is 16.9. The third kappa shape index (κ3) is 26.0. The summed E-state index contributed by atoms with van der Waals surface area (Å²) in [5.74, 6) is 0.360. The molecule has 0 amide bonds. The number of rotatable bonds is 41. The van der Waals surface area contributed by atoms with Gasteiger partial charge in [0.15, 0.2) is 11.6 Å². The Morgan fingerprint density at radius 2 is 0.690 bits per heavy atom. The zero-order chi connectivity index (χ0) is 41.7.